The van der Waals surface area contributed by atoms with E-state index in [0.29, 0.717) is 5.75 Å². The van der Waals surface area contributed by atoms with Crippen LogP contribution in [0.5, 0.6) is 5.75 Å². The number of rotatable bonds is 17. The predicted octanol–water partition coefficient (Wildman–Crippen LogP) is 8.54. The van der Waals surface area contributed by atoms with Crippen molar-refractivity contribution >= 4 is 0 Å². The molecule has 0 aromatic heterocycles. The van der Waals surface area contributed by atoms with Crippen molar-refractivity contribution in [2.24, 2.45) is 0 Å². The van der Waals surface area contributed by atoms with Gasteiger partial charge >= 0.3 is 0 Å². The summed E-state index contributed by atoms with van der Waals surface area (Å²) in [5.74, 6) is 0.513. The summed E-state index contributed by atoms with van der Waals surface area (Å²) in [6.45, 7) is 6.74. The molecule has 0 saturated carbocycles. The molecule has 0 amide bonds. The molecule has 1 N–H and O–H groups in total. The Kier molecular flexibility index (Phi) is 14.3. The third-order valence-corrected chi connectivity index (χ3v) is 5.94. The summed E-state index contributed by atoms with van der Waals surface area (Å²) >= 11 is 0. The molecule has 1 rings (SSSR count). The van der Waals surface area contributed by atoms with Gasteiger partial charge in [-0.15, -0.1) is 0 Å². The first-order valence-corrected chi connectivity index (χ1v) is 12.1. The minimum absolute atomic E-state index is 0.513. The van der Waals surface area contributed by atoms with Crippen LogP contribution in [0.4, 0.5) is 0 Å². The zero-order valence-electron chi connectivity index (χ0n) is 18.6. The summed E-state index contributed by atoms with van der Waals surface area (Å²) in [4.78, 5) is 0. The summed E-state index contributed by atoms with van der Waals surface area (Å²) in [5, 5.41) is 10.3. The number of aromatic hydroxyl groups is 1. The van der Waals surface area contributed by atoms with Crippen molar-refractivity contribution in [3.63, 3.8) is 0 Å². The number of unbranched alkanes of at least 4 members (excludes halogenated alkanes) is 12. The molecular formula is C26H46O. The van der Waals surface area contributed by atoms with Gasteiger partial charge in [0.2, 0.25) is 0 Å². The van der Waals surface area contributed by atoms with Gasteiger partial charge in [-0.1, -0.05) is 104 Å². The molecule has 0 atom stereocenters. The topological polar surface area (TPSA) is 20.2 Å². The lowest BCUT2D eigenvalue weighted by molar-refractivity contribution is 0.466. The quantitative estimate of drug-likeness (QED) is 0.271. The standard InChI is InChI=1S/C26H46O/c1-4-7-9-11-13-15-17-19-23-21-22-26(27)24(6-3)25(23)20-18-16-14-12-10-8-5-2/h21-22,27H,4-20H2,1-3H3. The van der Waals surface area contributed by atoms with Crippen LogP contribution in [0.2, 0.25) is 0 Å². The molecule has 27 heavy (non-hydrogen) atoms. The molecule has 0 aliphatic rings. The van der Waals surface area contributed by atoms with E-state index in [1.165, 1.54) is 113 Å². The van der Waals surface area contributed by atoms with E-state index in [4.69, 9.17) is 0 Å². The van der Waals surface area contributed by atoms with Gasteiger partial charge in [0.05, 0.1) is 0 Å². The first-order valence-electron chi connectivity index (χ1n) is 12.1. The predicted molar refractivity (Wildman–Crippen MR) is 121 cm³/mol. The van der Waals surface area contributed by atoms with E-state index < -0.39 is 0 Å². The van der Waals surface area contributed by atoms with Gasteiger partial charge in [0, 0.05) is 0 Å². The lowest BCUT2D eigenvalue weighted by Crippen LogP contribution is -2.01. The summed E-state index contributed by atoms with van der Waals surface area (Å²) in [6, 6.07) is 4.13. The summed E-state index contributed by atoms with van der Waals surface area (Å²) in [7, 11) is 0. The lowest BCUT2D eigenvalue weighted by atomic mass is 9.90. The SMILES string of the molecule is CCCCCCCCCc1ccc(O)c(CC)c1CCCCCCCCC. The molecule has 1 nitrogen and oxygen atoms in total. The van der Waals surface area contributed by atoms with Crippen LogP contribution in [-0.4, -0.2) is 5.11 Å². The van der Waals surface area contributed by atoms with Crippen molar-refractivity contribution in [1.82, 2.24) is 0 Å². The highest BCUT2D eigenvalue weighted by Gasteiger charge is 2.11. The fourth-order valence-electron chi connectivity index (χ4n) is 4.20. The summed E-state index contributed by atoms with van der Waals surface area (Å²) in [5.41, 5.74) is 4.18. The molecule has 156 valence electrons. The van der Waals surface area contributed by atoms with Gasteiger partial charge in [0.15, 0.2) is 0 Å². The van der Waals surface area contributed by atoms with E-state index in [9.17, 15) is 5.11 Å². The zero-order chi connectivity index (χ0) is 19.7. The van der Waals surface area contributed by atoms with Crippen LogP contribution in [-0.2, 0) is 19.3 Å². The molecule has 1 heteroatoms. The molecule has 0 aliphatic heterocycles. The van der Waals surface area contributed by atoms with Gasteiger partial charge in [-0.2, -0.15) is 0 Å². The minimum atomic E-state index is 0.513. The number of hydrogen-bond acceptors (Lipinski definition) is 1. The molecule has 0 heterocycles. The maximum absolute atomic E-state index is 10.3. The average molecular weight is 375 g/mol. The number of aryl methyl sites for hydroxylation is 1. The third kappa shape index (κ3) is 10.2. The van der Waals surface area contributed by atoms with E-state index in [1.54, 1.807) is 0 Å². The number of benzene rings is 1. The second-order valence-electron chi connectivity index (χ2n) is 8.30. The van der Waals surface area contributed by atoms with Gasteiger partial charge in [-0.25, -0.2) is 0 Å². The van der Waals surface area contributed by atoms with Gasteiger partial charge in [-0.3, -0.25) is 0 Å². The average Bonchev–Trinajstić information content (AvgIpc) is 2.68. The highest BCUT2D eigenvalue weighted by Crippen LogP contribution is 2.28. The largest absolute Gasteiger partial charge is 0.508 e. The van der Waals surface area contributed by atoms with Crippen LogP contribution in [0.1, 0.15) is 127 Å². The smallest absolute Gasteiger partial charge is 0.119 e. The van der Waals surface area contributed by atoms with E-state index in [2.05, 4.69) is 26.8 Å². The Morgan fingerprint density at radius 3 is 1.56 bits per heavy atom. The van der Waals surface area contributed by atoms with E-state index in [1.807, 2.05) is 6.07 Å². The van der Waals surface area contributed by atoms with Crippen LogP contribution in [0.15, 0.2) is 12.1 Å². The molecule has 0 radical (unpaired) electrons. The first-order chi connectivity index (χ1) is 13.2. The van der Waals surface area contributed by atoms with Crippen molar-refractivity contribution in [3.8, 4) is 5.75 Å². The number of phenolic OH excluding ortho intramolecular Hbond substituents is 1. The monoisotopic (exact) mass is 374 g/mol. The summed E-state index contributed by atoms with van der Waals surface area (Å²) in [6.07, 6.45) is 22.3. The second kappa shape index (κ2) is 16.0. The molecule has 0 aliphatic carbocycles. The van der Waals surface area contributed by atoms with Gasteiger partial charge in [0.25, 0.3) is 0 Å². The molecule has 0 bridgehead atoms. The number of hydrogen-bond donors (Lipinski definition) is 1. The Morgan fingerprint density at radius 1 is 0.556 bits per heavy atom. The number of phenols is 1. The van der Waals surface area contributed by atoms with Gasteiger partial charge in [-0.05, 0) is 54.9 Å². The van der Waals surface area contributed by atoms with E-state index in [0.717, 1.165) is 12.8 Å². The molecule has 1 aromatic carbocycles. The molecule has 0 unspecified atom stereocenters. The van der Waals surface area contributed by atoms with Gasteiger partial charge < -0.3 is 5.11 Å². The van der Waals surface area contributed by atoms with E-state index >= 15 is 0 Å². The maximum atomic E-state index is 10.3. The third-order valence-electron chi connectivity index (χ3n) is 5.94. The van der Waals surface area contributed by atoms with Crippen LogP contribution < -0.4 is 0 Å². The maximum Gasteiger partial charge on any atom is 0.119 e. The van der Waals surface area contributed by atoms with Crippen molar-refractivity contribution in [3.05, 3.63) is 28.8 Å². The highest BCUT2D eigenvalue weighted by atomic mass is 16.3. The fourth-order valence-corrected chi connectivity index (χ4v) is 4.20. The van der Waals surface area contributed by atoms with E-state index in [-0.39, 0.29) is 0 Å². The Bertz CT molecular complexity index is 477. The molecule has 0 fully saturated rings. The van der Waals surface area contributed by atoms with Gasteiger partial charge in [0.1, 0.15) is 5.75 Å². The van der Waals surface area contributed by atoms with Crippen molar-refractivity contribution < 1.29 is 5.11 Å². The Hall–Kier alpha value is -0.980. The first kappa shape index (κ1) is 24.1. The zero-order valence-corrected chi connectivity index (χ0v) is 18.6. The van der Waals surface area contributed by atoms with Crippen molar-refractivity contribution in [2.75, 3.05) is 0 Å². The fraction of sp³-hybridized carbons (Fsp3) is 0.769. The second-order valence-corrected chi connectivity index (χ2v) is 8.30. The van der Waals surface area contributed by atoms with Crippen molar-refractivity contribution in [2.45, 2.75) is 130 Å². The van der Waals surface area contributed by atoms with Crippen LogP contribution in [0, 0.1) is 0 Å². The van der Waals surface area contributed by atoms with Crippen LogP contribution in [0.25, 0.3) is 0 Å². The minimum Gasteiger partial charge on any atom is -0.508 e. The Morgan fingerprint density at radius 2 is 1.04 bits per heavy atom. The molecule has 0 saturated heterocycles. The Balaban J connectivity index is 2.46. The lowest BCUT2D eigenvalue weighted by Gasteiger charge is -2.16. The molecular weight excluding hydrogens is 328 g/mol. The van der Waals surface area contributed by atoms with Crippen LogP contribution in [0.3, 0.4) is 0 Å². The molecule has 0 spiro atoms. The Labute approximate surface area is 170 Å². The highest BCUT2D eigenvalue weighted by molar-refractivity contribution is 5.44. The van der Waals surface area contributed by atoms with Crippen LogP contribution >= 0.6 is 0 Å². The summed E-state index contributed by atoms with van der Waals surface area (Å²) < 4.78 is 0. The molecule has 1 aromatic rings. The van der Waals surface area contributed by atoms with Crippen molar-refractivity contribution in [1.29, 1.82) is 0 Å². The normalized spacial score (nSPS) is 11.2.